The van der Waals surface area contributed by atoms with Crippen molar-refractivity contribution >= 4 is 5.97 Å². The van der Waals surface area contributed by atoms with Crippen molar-refractivity contribution in [2.24, 2.45) is 5.92 Å². The zero-order valence-electron chi connectivity index (χ0n) is 7.40. The fourth-order valence-electron chi connectivity index (χ4n) is 1.57. The quantitative estimate of drug-likeness (QED) is 0.746. The van der Waals surface area contributed by atoms with Gasteiger partial charge in [0, 0.05) is 17.3 Å². The molecule has 0 amide bonds. The van der Waals surface area contributed by atoms with Gasteiger partial charge in [-0.25, -0.2) is 0 Å². The predicted octanol–water partition coefficient (Wildman–Crippen LogP) is 1.58. The Morgan fingerprint density at radius 3 is 2.92 bits per heavy atom. The second-order valence-electron chi connectivity index (χ2n) is 3.49. The second kappa shape index (κ2) is 2.83. The highest BCUT2D eigenvalue weighted by Gasteiger charge is 2.45. The molecule has 1 fully saturated rings. The number of rotatable bonds is 2. The normalized spacial score (nSPS) is 25.6. The summed E-state index contributed by atoms with van der Waals surface area (Å²) in [7, 11) is 0. The van der Waals surface area contributed by atoms with Gasteiger partial charge in [-0.1, -0.05) is 6.07 Å². The van der Waals surface area contributed by atoms with E-state index in [1.165, 1.54) is 0 Å². The molecule has 0 radical (unpaired) electrons. The number of hydrogen-bond acceptors (Lipinski definition) is 2. The molecule has 0 spiro atoms. The smallest absolute Gasteiger partial charge is 0.307 e. The van der Waals surface area contributed by atoms with Gasteiger partial charge in [0.2, 0.25) is 0 Å². The average Bonchev–Trinajstić information content (AvgIpc) is 2.82. The van der Waals surface area contributed by atoms with Crippen LogP contribution in [0.15, 0.2) is 18.2 Å². The Bertz CT molecular complexity index is 349. The van der Waals surface area contributed by atoms with Gasteiger partial charge in [0.1, 0.15) is 0 Å². The summed E-state index contributed by atoms with van der Waals surface area (Å²) < 4.78 is 0. The van der Waals surface area contributed by atoms with Gasteiger partial charge in [-0.15, -0.1) is 0 Å². The van der Waals surface area contributed by atoms with Gasteiger partial charge < -0.3 is 5.11 Å². The molecule has 1 aliphatic rings. The molecule has 1 heterocycles. The molecular formula is C10H11NO2. The molecule has 1 N–H and O–H groups in total. The lowest BCUT2D eigenvalue weighted by atomic mass is 10.2. The van der Waals surface area contributed by atoms with Gasteiger partial charge in [0.25, 0.3) is 0 Å². The standard InChI is InChI=1S/C10H11NO2/c1-6-3-2-4-9(11-6)7-5-8(7)10(12)13/h2-4,7-8H,5H2,1H3,(H,12,13). The fourth-order valence-corrected chi connectivity index (χ4v) is 1.57. The molecule has 1 aromatic heterocycles. The minimum atomic E-state index is -0.701. The molecule has 0 aliphatic heterocycles. The lowest BCUT2D eigenvalue weighted by Gasteiger charge is -1.98. The molecule has 0 saturated heterocycles. The predicted molar refractivity (Wildman–Crippen MR) is 47.5 cm³/mol. The first-order valence-corrected chi connectivity index (χ1v) is 4.35. The zero-order valence-corrected chi connectivity index (χ0v) is 7.40. The summed E-state index contributed by atoms with van der Waals surface area (Å²) in [6.45, 7) is 1.92. The van der Waals surface area contributed by atoms with E-state index in [4.69, 9.17) is 5.11 Å². The van der Waals surface area contributed by atoms with Crippen molar-refractivity contribution in [3.63, 3.8) is 0 Å². The molecular weight excluding hydrogens is 166 g/mol. The van der Waals surface area contributed by atoms with Crippen molar-refractivity contribution in [1.82, 2.24) is 4.98 Å². The Kier molecular flexibility index (Phi) is 1.79. The number of aryl methyl sites for hydroxylation is 1. The molecule has 0 aromatic carbocycles. The molecule has 68 valence electrons. The minimum absolute atomic E-state index is 0.150. The van der Waals surface area contributed by atoms with E-state index in [0.717, 1.165) is 17.8 Å². The van der Waals surface area contributed by atoms with Crippen LogP contribution < -0.4 is 0 Å². The fraction of sp³-hybridized carbons (Fsp3) is 0.400. The number of carboxylic acids is 1. The third kappa shape index (κ3) is 1.54. The molecule has 2 unspecified atom stereocenters. The Balaban J connectivity index is 2.16. The van der Waals surface area contributed by atoms with E-state index in [1.54, 1.807) is 0 Å². The lowest BCUT2D eigenvalue weighted by molar-refractivity contribution is -0.138. The number of pyridine rings is 1. The molecule has 3 nitrogen and oxygen atoms in total. The van der Waals surface area contributed by atoms with Gasteiger partial charge in [0.15, 0.2) is 0 Å². The first kappa shape index (κ1) is 8.23. The number of nitrogens with zero attached hydrogens (tertiary/aromatic N) is 1. The maximum atomic E-state index is 10.6. The number of carbonyl (C=O) groups is 1. The molecule has 13 heavy (non-hydrogen) atoms. The minimum Gasteiger partial charge on any atom is -0.481 e. The van der Waals surface area contributed by atoms with E-state index in [1.807, 2.05) is 25.1 Å². The topological polar surface area (TPSA) is 50.2 Å². The average molecular weight is 177 g/mol. The van der Waals surface area contributed by atoms with Crippen LogP contribution >= 0.6 is 0 Å². The van der Waals surface area contributed by atoms with Gasteiger partial charge in [-0.3, -0.25) is 9.78 Å². The summed E-state index contributed by atoms with van der Waals surface area (Å²) in [5, 5.41) is 8.73. The third-order valence-corrected chi connectivity index (χ3v) is 2.40. The van der Waals surface area contributed by atoms with Crippen LogP contribution in [0.1, 0.15) is 23.7 Å². The SMILES string of the molecule is Cc1cccc(C2CC2C(=O)O)n1. The van der Waals surface area contributed by atoms with E-state index >= 15 is 0 Å². The maximum absolute atomic E-state index is 10.6. The Hall–Kier alpha value is -1.38. The van der Waals surface area contributed by atoms with E-state index in [0.29, 0.717) is 0 Å². The Labute approximate surface area is 76.4 Å². The van der Waals surface area contributed by atoms with Gasteiger partial charge >= 0.3 is 5.97 Å². The van der Waals surface area contributed by atoms with E-state index in [2.05, 4.69) is 4.98 Å². The van der Waals surface area contributed by atoms with Gasteiger partial charge in [-0.2, -0.15) is 0 Å². The van der Waals surface area contributed by atoms with Gasteiger partial charge in [-0.05, 0) is 25.5 Å². The Morgan fingerprint density at radius 1 is 1.62 bits per heavy atom. The number of aromatic nitrogens is 1. The van der Waals surface area contributed by atoms with Crippen LogP contribution in [-0.2, 0) is 4.79 Å². The molecule has 2 rings (SSSR count). The van der Waals surface area contributed by atoms with Crippen molar-refractivity contribution in [2.45, 2.75) is 19.3 Å². The van der Waals surface area contributed by atoms with Gasteiger partial charge in [0.05, 0.1) is 5.92 Å². The summed E-state index contributed by atoms with van der Waals surface area (Å²) in [6.07, 6.45) is 0.742. The van der Waals surface area contributed by atoms with Crippen molar-refractivity contribution in [3.8, 4) is 0 Å². The van der Waals surface area contributed by atoms with Crippen LogP contribution in [0.25, 0.3) is 0 Å². The molecule has 1 aromatic rings. The van der Waals surface area contributed by atoms with Crippen molar-refractivity contribution in [2.75, 3.05) is 0 Å². The van der Waals surface area contributed by atoms with E-state index < -0.39 is 5.97 Å². The number of hydrogen-bond donors (Lipinski definition) is 1. The summed E-state index contributed by atoms with van der Waals surface area (Å²) in [5.41, 5.74) is 1.88. The maximum Gasteiger partial charge on any atom is 0.307 e. The summed E-state index contributed by atoms with van der Waals surface area (Å²) in [4.78, 5) is 14.9. The second-order valence-corrected chi connectivity index (χ2v) is 3.49. The van der Waals surface area contributed by atoms with Crippen molar-refractivity contribution < 1.29 is 9.90 Å². The van der Waals surface area contributed by atoms with Crippen LogP contribution in [0.5, 0.6) is 0 Å². The highest BCUT2D eigenvalue weighted by Crippen LogP contribution is 2.46. The van der Waals surface area contributed by atoms with Crippen LogP contribution in [0, 0.1) is 12.8 Å². The van der Waals surface area contributed by atoms with Crippen molar-refractivity contribution in [3.05, 3.63) is 29.6 Å². The highest BCUT2D eigenvalue weighted by molar-refractivity contribution is 5.75. The molecule has 1 saturated carbocycles. The molecule has 0 bridgehead atoms. The van der Waals surface area contributed by atoms with E-state index in [-0.39, 0.29) is 11.8 Å². The Morgan fingerprint density at radius 2 is 2.38 bits per heavy atom. The summed E-state index contributed by atoms with van der Waals surface area (Å²) in [6, 6.07) is 5.75. The van der Waals surface area contributed by atoms with Crippen LogP contribution in [-0.4, -0.2) is 16.1 Å². The molecule has 2 atom stereocenters. The molecule has 3 heteroatoms. The third-order valence-electron chi connectivity index (χ3n) is 2.40. The number of carboxylic acid groups (broad SMARTS) is 1. The first-order chi connectivity index (χ1) is 6.18. The summed E-state index contributed by atoms with van der Waals surface area (Å²) in [5.74, 6) is -0.750. The van der Waals surface area contributed by atoms with Crippen molar-refractivity contribution in [1.29, 1.82) is 0 Å². The number of aliphatic carboxylic acids is 1. The lowest BCUT2D eigenvalue weighted by Crippen LogP contribution is -2.00. The summed E-state index contributed by atoms with van der Waals surface area (Å²) >= 11 is 0. The van der Waals surface area contributed by atoms with Crippen LogP contribution in [0.3, 0.4) is 0 Å². The van der Waals surface area contributed by atoms with E-state index in [9.17, 15) is 4.79 Å². The zero-order chi connectivity index (χ0) is 9.42. The monoisotopic (exact) mass is 177 g/mol. The van der Waals surface area contributed by atoms with Crippen LogP contribution in [0.4, 0.5) is 0 Å². The largest absolute Gasteiger partial charge is 0.481 e. The highest BCUT2D eigenvalue weighted by atomic mass is 16.4. The first-order valence-electron chi connectivity index (χ1n) is 4.35. The van der Waals surface area contributed by atoms with Crippen LogP contribution in [0.2, 0.25) is 0 Å². The molecule has 1 aliphatic carbocycles.